The Balaban J connectivity index is 1.67. The largest absolute Gasteiger partial charge is 0.298 e. The number of hydrogen-bond donors (Lipinski definition) is 1. The standard InChI is InChI=1S/C32H43N3O2S/c1-20(2)24-18-27(21(3)4)32(28(19-24)22(5)6)38(36,37)34-31(30-17-23-12-15-35(30)16-13-23)26-11-14-33-29-10-8-7-9-25(26)29/h7-11,14,18-23,30-31,34H,12-13,15-17H2,1-6H3/t30?,31-/m0/s1. The van der Waals surface area contributed by atoms with Crippen LogP contribution in [0.15, 0.2) is 53.6 Å². The number of nitrogens with one attached hydrogen (secondary N) is 1. The van der Waals surface area contributed by atoms with Gasteiger partial charge in [0.05, 0.1) is 16.5 Å². The SMILES string of the molecule is CC(C)c1cc(C(C)C)c(S(=O)(=O)N[C@@H](c2ccnc3ccccc23)C2CC3CCN2CC3)c(C(C)C)c1. The molecule has 4 heterocycles. The highest BCUT2D eigenvalue weighted by Crippen LogP contribution is 2.41. The molecule has 5 nitrogen and oxygen atoms in total. The molecule has 1 unspecified atom stereocenters. The number of benzene rings is 2. The summed E-state index contributed by atoms with van der Waals surface area (Å²) in [4.78, 5) is 7.57. The lowest BCUT2D eigenvalue weighted by atomic mass is 9.79. The predicted octanol–water partition coefficient (Wildman–Crippen LogP) is 7.11. The second-order valence-corrected chi connectivity index (χ2v) is 13.9. The molecule has 2 atom stereocenters. The summed E-state index contributed by atoms with van der Waals surface area (Å²) in [5.74, 6) is 1.17. The fourth-order valence-electron chi connectivity index (χ4n) is 6.52. The summed E-state index contributed by atoms with van der Waals surface area (Å²) in [6.07, 6.45) is 5.26. The monoisotopic (exact) mass is 533 g/mol. The molecule has 3 aromatic rings. The summed E-state index contributed by atoms with van der Waals surface area (Å²) >= 11 is 0. The summed E-state index contributed by atoms with van der Waals surface area (Å²) < 4.78 is 32.5. The van der Waals surface area contributed by atoms with E-state index in [-0.39, 0.29) is 23.9 Å². The van der Waals surface area contributed by atoms with Crippen LogP contribution in [0.4, 0.5) is 0 Å². The van der Waals surface area contributed by atoms with Gasteiger partial charge in [-0.1, -0.05) is 71.9 Å². The van der Waals surface area contributed by atoms with Crippen LogP contribution in [0.1, 0.15) is 107 Å². The molecule has 1 N–H and O–H groups in total. The molecule has 2 bridgehead atoms. The van der Waals surface area contributed by atoms with Crippen LogP contribution in [0.3, 0.4) is 0 Å². The molecule has 1 aromatic heterocycles. The van der Waals surface area contributed by atoms with E-state index in [2.05, 4.69) is 74.3 Å². The van der Waals surface area contributed by atoms with Crippen molar-refractivity contribution in [3.05, 3.63) is 70.9 Å². The zero-order valence-electron chi connectivity index (χ0n) is 23.7. The topological polar surface area (TPSA) is 62.3 Å². The molecule has 6 heteroatoms. The van der Waals surface area contributed by atoms with Crippen molar-refractivity contribution in [3.8, 4) is 0 Å². The Labute approximate surface area is 229 Å². The van der Waals surface area contributed by atoms with Gasteiger partial charge >= 0.3 is 0 Å². The first-order valence-corrected chi connectivity index (χ1v) is 15.8. The van der Waals surface area contributed by atoms with Crippen molar-refractivity contribution in [2.75, 3.05) is 13.1 Å². The van der Waals surface area contributed by atoms with Gasteiger partial charge in [-0.2, -0.15) is 0 Å². The van der Waals surface area contributed by atoms with Gasteiger partial charge in [-0.3, -0.25) is 9.88 Å². The summed E-state index contributed by atoms with van der Waals surface area (Å²) in [5, 5.41) is 1.02. The van der Waals surface area contributed by atoms with E-state index < -0.39 is 10.0 Å². The van der Waals surface area contributed by atoms with Crippen LogP contribution in [-0.4, -0.2) is 37.4 Å². The Morgan fingerprint density at radius 3 is 2.05 bits per heavy atom. The van der Waals surface area contributed by atoms with Gasteiger partial charge in [0.2, 0.25) is 10.0 Å². The van der Waals surface area contributed by atoms with Crippen LogP contribution < -0.4 is 4.72 Å². The van der Waals surface area contributed by atoms with E-state index in [1.54, 1.807) is 0 Å². The van der Waals surface area contributed by atoms with Crippen molar-refractivity contribution < 1.29 is 8.42 Å². The molecule has 0 aliphatic carbocycles. The van der Waals surface area contributed by atoms with Crippen molar-refractivity contribution in [2.45, 2.75) is 95.5 Å². The molecule has 2 aromatic carbocycles. The first-order chi connectivity index (χ1) is 18.1. The van der Waals surface area contributed by atoms with Crippen molar-refractivity contribution in [3.63, 3.8) is 0 Å². The minimum atomic E-state index is -3.83. The van der Waals surface area contributed by atoms with Crippen LogP contribution in [-0.2, 0) is 10.0 Å². The first-order valence-electron chi connectivity index (χ1n) is 14.3. The number of hydrogen-bond acceptors (Lipinski definition) is 4. The van der Waals surface area contributed by atoms with Crippen LogP contribution in [0, 0.1) is 5.92 Å². The molecule has 6 rings (SSSR count). The Morgan fingerprint density at radius 2 is 1.50 bits per heavy atom. The molecule has 0 amide bonds. The van der Waals surface area contributed by atoms with Gasteiger partial charge in [0.25, 0.3) is 0 Å². The highest BCUT2D eigenvalue weighted by Gasteiger charge is 2.41. The molecule has 0 spiro atoms. The zero-order valence-corrected chi connectivity index (χ0v) is 24.6. The highest BCUT2D eigenvalue weighted by atomic mass is 32.2. The molecule has 38 heavy (non-hydrogen) atoms. The smallest absolute Gasteiger partial charge is 0.241 e. The molecule has 204 valence electrons. The molecular formula is C32H43N3O2S. The third-order valence-electron chi connectivity index (χ3n) is 8.73. The summed E-state index contributed by atoms with van der Waals surface area (Å²) in [6, 6.07) is 14.1. The molecule has 3 aliphatic heterocycles. The maximum Gasteiger partial charge on any atom is 0.241 e. The zero-order chi connectivity index (χ0) is 27.2. The van der Waals surface area contributed by atoms with Crippen LogP contribution >= 0.6 is 0 Å². The number of pyridine rings is 1. The Kier molecular flexibility index (Phi) is 7.69. The number of nitrogens with zero attached hydrogens (tertiary/aromatic N) is 2. The van der Waals surface area contributed by atoms with Gasteiger partial charge in [-0.15, -0.1) is 0 Å². The average molecular weight is 534 g/mol. The molecule has 3 fully saturated rings. The van der Waals surface area contributed by atoms with Crippen molar-refractivity contribution >= 4 is 20.9 Å². The number of piperidine rings is 3. The number of para-hydroxylation sites is 1. The Hall–Kier alpha value is -2.28. The number of rotatable bonds is 8. The van der Waals surface area contributed by atoms with E-state index in [1.807, 2.05) is 30.5 Å². The lowest BCUT2D eigenvalue weighted by Gasteiger charge is -2.48. The summed E-state index contributed by atoms with van der Waals surface area (Å²) in [7, 11) is -3.83. The Bertz CT molecular complexity index is 1370. The maximum atomic E-state index is 14.6. The van der Waals surface area contributed by atoms with Crippen molar-refractivity contribution in [2.24, 2.45) is 5.92 Å². The lowest BCUT2D eigenvalue weighted by molar-refractivity contribution is 0.0328. The quantitative estimate of drug-likeness (QED) is 0.335. The minimum Gasteiger partial charge on any atom is -0.298 e. The number of fused-ring (bicyclic) bond motifs is 4. The second-order valence-electron chi connectivity index (χ2n) is 12.3. The van der Waals surface area contributed by atoms with Crippen LogP contribution in [0.2, 0.25) is 0 Å². The highest BCUT2D eigenvalue weighted by molar-refractivity contribution is 7.89. The van der Waals surface area contributed by atoms with Gasteiger partial charge in [-0.25, -0.2) is 13.1 Å². The fourth-order valence-corrected chi connectivity index (χ4v) is 8.47. The maximum absolute atomic E-state index is 14.6. The number of aromatic nitrogens is 1. The van der Waals surface area contributed by atoms with E-state index in [0.29, 0.717) is 16.7 Å². The van der Waals surface area contributed by atoms with Gasteiger partial charge < -0.3 is 0 Å². The van der Waals surface area contributed by atoms with Gasteiger partial charge in [0, 0.05) is 17.6 Å². The third-order valence-corrected chi connectivity index (χ3v) is 10.3. The number of sulfonamides is 1. The van der Waals surface area contributed by atoms with E-state index in [0.717, 1.165) is 47.1 Å². The van der Waals surface area contributed by atoms with Crippen LogP contribution in [0.25, 0.3) is 10.9 Å². The van der Waals surface area contributed by atoms with Crippen molar-refractivity contribution in [1.82, 2.24) is 14.6 Å². The van der Waals surface area contributed by atoms with E-state index in [4.69, 9.17) is 0 Å². The molecule has 3 aliphatic rings. The second kappa shape index (κ2) is 10.7. The average Bonchev–Trinajstić information content (AvgIpc) is 2.91. The Morgan fingerprint density at radius 1 is 0.868 bits per heavy atom. The fraction of sp³-hybridized carbons (Fsp3) is 0.531. The molecule has 0 radical (unpaired) electrons. The van der Waals surface area contributed by atoms with Crippen molar-refractivity contribution in [1.29, 1.82) is 0 Å². The first kappa shape index (κ1) is 27.3. The van der Waals surface area contributed by atoms with Gasteiger partial charge in [0.1, 0.15) is 0 Å². The molecule has 0 saturated carbocycles. The molecule has 3 saturated heterocycles. The normalized spacial score (nSPS) is 22.6. The summed E-state index contributed by atoms with van der Waals surface area (Å²) in [5.41, 5.74) is 4.95. The van der Waals surface area contributed by atoms with Gasteiger partial charge in [-0.05, 0) is 90.4 Å². The van der Waals surface area contributed by atoms with Crippen LogP contribution in [0.5, 0.6) is 0 Å². The molecular weight excluding hydrogens is 490 g/mol. The third kappa shape index (κ3) is 5.15. The summed E-state index contributed by atoms with van der Waals surface area (Å²) in [6.45, 7) is 14.8. The van der Waals surface area contributed by atoms with E-state index in [9.17, 15) is 8.42 Å². The predicted molar refractivity (Wildman–Crippen MR) is 156 cm³/mol. The van der Waals surface area contributed by atoms with E-state index >= 15 is 0 Å². The van der Waals surface area contributed by atoms with Gasteiger partial charge in [0.15, 0.2) is 0 Å². The minimum absolute atomic E-state index is 0.0902. The van der Waals surface area contributed by atoms with E-state index in [1.165, 1.54) is 18.4 Å². The lowest BCUT2D eigenvalue weighted by Crippen LogP contribution is -2.54.